The molecule has 9 heteroatoms. The highest BCUT2D eigenvalue weighted by Crippen LogP contribution is 2.41. The zero-order valence-electron chi connectivity index (χ0n) is 22.5. The summed E-state index contributed by atoms with van der Waals surface area (Å²) < 4.78 is 5.44. The van der Waals surface area contributed by atoms with E-state index in [1.165, 1.54) is 0 Å². The lowest BCUT2D eigenvalue weighted by Crippen LogP contribution is -2.55. The average Bonchev–Trinajstić information content (AvgIpc) is 2.94. The van der Waals surface area contributed by atoms with Gasteiger partial charge < -0.3 is 9.64 Å². The van der Waals surface area contributed by atoms with Crippen LogP contribution >= 0.6 is 0 Å². The Balaban J connectivity index is 1.83. The van der Waals surface area contributed by atoms with Crippen molar-refractivity contribution in [2.75, 3.05) is 15.1 Å². The zero-order valence-corrected chi connectivity index (χ0v) is 22.5. The van der Waals surface area contributed by atoms with Crippen molar-refractivity contribution in [3.05, 3.63) is 36.4 Å². The SMILES string of the molecule is CCC1C2=NC(C)CC=C(C)N2c2cnc(-c3ccncc3NC(=O)OC(C)(C)C)nc2N1C(C)C. The molecule has 0 radical (unpaired) electrons. The summed E-state index contributed by atoms with van der Waals surface area (Å²) in [5.41, 5.74) is 2.60. The van der Waals surface area contributed by atoms with Gasteiger partial charge in [0.2, 0.25) is 0 Å². The van der Waals surface area contributed by atoms with Crippen molar-refractivity contribution in [3.63, 3.8) is 0 Å². The molecule has 2 aliphatic heterocycles. The van der Waals surface area contributed by atoms with Crippen LogP contribution in [0.25, 0.3) is 11.4 Å². The number of aromatic nitrogens is 3. The number of amides is 1. The number of nitrogens with zero attached hydrogens (tertiary/aromatic N) is 6. The molecular formula is C27H37N7O2. The lowest BCUT2D eigenvalue weighted by molar-refractivity contribution is 0.0636. The van der Waals surface area contributed by atoms with Gasteiger partial charge in [0.05, 0.1) is 30.2 Å². The first-order valence-corrected chi connectivity index (χ1v) is 12.6. The van der Waals surface area contributed by atoms with Gasteiger partial charge in [-0.3, -0.25) is 20.2 Å². The molecule has 0 saturated carbocycles. The molecule has 2 aromatic heterocycles. The topological polar surface area (TPSA) is 95.8 Å². The summed E-state index contributed by atoms with van der Waals surface area (Å²) in [4.78, 5) is 36.1. The third kappa shape index (κ3) is 5.05. The number of carbonyl (C=O) groups is 1. The molecule has 0 aromatic carbocycles. The zero-order chi connectivity index (χ0) is 26.2. The fourth-order valence-corrected chi connectivity index (χ4v) is 4.70. The second-order valence-corrected chi connectivity index (χ2v) is 10.6. The van der Waals surface area contributed by atoms with Crippen molar-refractivity contribution >= 4 is 29.1 Å². The van der Waals surface area contributed by atoms with Crippen molar-refractivity contribution in [3.8, 4) is 11.4 Å². The first-order valence-electron chi connectivity index (χ1n) is 12.6. The Morgan fingerprint density at radius 3 is 2.69 bits per heavy atom. The van der Waals surface area contributed by atoms with Gasteiger partial charge in [-0.05, 0) is 67.4 Å². The first-order chi connectivity index (χ1) is 17.0. The number of ether oxygens (including phenoxy) is 1. The van der Waals surface area contributed by atoms with Crippen molar-refractivity contribution in [1.82, 2.24) is 15.0 Å². The van der Waals surface area contributed by atoms with E-state index in [0.29, 0.717) is 17.1 Å². The van der Waals surface area contributed by atoms with Crippen LogP contribution in [0, 0.1) is 0 Å². The monoisotopic (exact) mass is 491 g/mol. The normalized spacial score (nSPS) is 19.7. The van der Waals surface area contributed by atoms with Crippen molar-refractivity contribution in [2.24, 2.45) is 4.99 Å². The molecule has 1 N–H and O–H groups in total. The van der Waals surface area contributed by atoms with E-state index in [0.717, 1.165) is 35.9 Å². The number of anilines is 3. The Morgan fingerprint density at radius 2 is 2.03 bits per heavy atom. The summed E-state index contributed by atoms with van der Waals surface area (Å²) in [6.07, 6.45) is 8.60. The number of fused-ring (bicyclic) bond motifs is 3. The number of pyridine rings is 1. The number of rotatable bonds is 4. The highest BCUT2D eigenvalue weighted by atomic mass is 16.6. The van der Waals surface area contributed by atoms with E-state index in [1.807, 2.05) is 27.0 Å². The Bertz CT molecular complexity index is 1200. The van der Waals surface area contributed by atoms with Crippen molar-refractivity contribution in [1.29, 1.82) is 0 Å². The Labute approximate surface area is 213 Å². The van der Waals surface area contributed by atoms with E-state index < -0.39 is 11.7 Å². The molecule has 4 heterocycles. The van der Waals surface area contributed by atoms with Crippen LogP contribution in [0.1, 0.15) is 68.2 Å². The predicted octanol–water partition coefficient (Wildman–Crippen LogP) is 5.79. The van der Waals surface area contributed by atoms with E-state index >= 15 is 0 Å². The molecule has 0 fully saturated rings. The van der Waals surface area contributed by atoms with Gasteiger partial charge in [-0.25, -0.2) is 14.8 Å². The van der Waals surface area contributed by atoms with Gasteiger partial charge in [0.1, 0.15) is 17.1 Å². The largest absolute Gasteiger partial charge is 0.444 e. The van der Waals surface area contributed by atoms with E-state index in [2.05, 4.69) is 60.8 Å². The molecular weight excluding hydrogens is 454 g/mol. The summed E-state index contributed by atoms with van der Waals surface area (Å²) in [6.45, 7) is 16.3. The van der Waals surface area contributed by atoms with E-state index in [9.17, 15) is 4.79 Å². The lowest BCUT2D eigenvalue weighted by atomic mass is 10.0. The molecule has 4 rings (SSSR count). The second kappa shape index (κ2) is 9.87. The van der Waals surface area contributed by atoms with Crippen LogP contribution in [0.5, 0.6) is 0 Å². The summed E-state index contributed by atoms with van der Waals surface area (Å²) in [6, 6.07) is 2.30. The van der Waals surface area contributed by atoms with Crippen molar-refractivity contribution in [2.45, 2.75) is 92.0 Å². The van der Waals surface area contributed by atoms with Crippen molar-refractivity contribution < 1.29 is 9.53 Å². The molecule has 2 aromatic rings. The minimum atomic E-state index is -0.614. The molecule has 36 heavy (non-hydrogen) atoms. The van der Waals surface area contributed by atoms with Gasteiger partial charge in [0, 0.05) is 23.5 Å². The number of hydrogen-bond donors (Lipinski definition) is 1. The minimum absolute atomic E-state index is 0.0842. The number of hydrogen-bond acceptors (Lipinski definition) is 8. The van der Waals surface area contributed by atoms with Gasteiger partial charge in [0.15, 0.2) is 11.6 Å². The average molecular weight is 492 g/mol. The molecule has 2 atom stereocenters. The molecule has 0 bridgehead atoms. The highest BCUT2D eigenvalue weighted by Gasteiger charge is 2.40. The summed E-state index contributed by atoms with van der Waals surface area (Å²) in [5.74, 6) is 2.40. The first kappa shape index (κ1) is 25.6. The molecule has 2 aliphatic rings. The van der Waals surface area contributed by atoms with Crippen LogP contribution in [0.15, 0.2) is 41.4 Å². The smallest absolute Gasteiger partial charge is 0.412 e. The Morgan fingerprint density at radius 1 is 1.28 bits per heavy atom. The van der Waals surface area contributed by atoms with E-state index in [4.69, 9.17) is 19.7 Å². The van der Waals surface area contributed by atoms with Gasteiger partial charge in [-0.2, -0.15) is 0 Å². The van der Waals surface area contributed by atoms with Gasteiger partial charge >= 0.3 is 6.09 Å². The van der Waals surface area contributed by atoms with E-state index in [1.54, 1.807) is 18.5 Å². The fourth-order valence-electron chi connectivity index (χ4n) is 4.70. The number of carbonyl (C=O) groups excluding carboxylic acids is 1. The molecule has 2 unspecified atom stereocenters. The molecule has 1 amide bonds. The predicted molar refractivity (Wildman–Crippen MR) is 145 cm³/mol. The maximum atomic E-state index is 12.5. The molecule has 0 aliphatic carbocycles. The van der Waals surface area contributed by atoms with Crippen LogP contribution in [-0.2, 0) is 4.74 Å². The third-order valence-corrected chi connectivity index (χ3v) is 6.20. The second-order valence-electron chi connectivity index (χ2n) is 10.6. The summed E-state index contributed by atoms with van der Waals surface area (Å²) in [5, 5.41) is 2.81. The molecule has 9 nitrogen and oxygen atoms in total. The van der Waals surface area contributed by atoms with Crippen LogP contribution in [0.3, 0.4) is 0 Å². The fraction of sp³-hybridized carbons (Fsp3) is 0.519. The number of allylic oxidation sites excluding steroid dienone is 1. The lowest BCUT2D eigenvalue weighted by Gasteiger charge is -2.46. The third-order valence-electron chi connectivity index (χ3n) is 6.20. The molecule has 0 saturated heterocycles. The number of amidine groups is 1. The Kier molecular flexibility index (Phi) is 7.02. The van der Waals surface area contributed by atoms with Gasteiger partial charge in [-0.15, -0.1) is 0 Å². The number of nitrogens with one attached hydrogen (secondary N) is 1. The molecule has 0 spiro atoms. The Hall–Kier alpha value is -3.49. The standard InChI is InChI=1S/C27H37N7O2/c1-9-21-24-30-17(4)10-11-18(5)34(24)22-15-29-23(32-25(22)33(21)16(2)3)19-12-13-28-14-20(19)31-26(35)36-27(6,7)8/h11-17,21H,9-10H2,1-8H3,(H,31,35). The molecule has 192 valence electrons. The van der Waals surface area contributed by atoms with Crippen LogP contribution in [-0.4, -0.2) is 50.6 Å². The quantitative estimate of drug-likeness (QED) is 0.578. The van der Waals surface area contributed by atoms with Crippen LogP contribution < -0.4 is 15.1 Å². The minimum Gasteiger partial charge on any atom is -0.444 e. The maximum Gasteiger partial charge on any atom is 0.412 e. The summed E-state index contributed by atoms with van der Waals surface area (Å²) >= 11 is 0. The van der Waals surface area contributed by atoms with Crippen LogP contribution in [0.4, 0.5) is 22.0 Å². The maximum absolute atomic E-state index is 12.5. The van der Waals surface area contributed by atoms with Crippen LogP contribution in [0.2, 0.25) is 0 Å². The van der Waals surface area contributed by atoms with Gasteiger partial charge in [-0.1, -0.05) is 13.0 Å². The highest BCUT2D eigenvalue weighted by molar-refractivity contribution is 6.10. The van der Waals surface area contributed by atoms with E-state index in [-0.39, 0.29) is 18.1 Å². The summed E-state index contributed by atoms with van der Waals surface area (Å²) in [7, 11) is 0. The number of aliphatic imine (C=N–C) groups is 1. The van der Waals surface area contributed by atoms with Gasteiger partial charge in [0.25, 0.3) is 0 Å².